The summed E-state index contributed by atoms with van der Waals surface area (Å²) in [7, 11) is 0. The molecule has 0 amide bonds. The summed E-state index contributed by atoms with van der Waals surface area (Å²) < 4.78 is 0. The molecule has 1 rings (SSSR count). The van der Waals surface area contributed by atoms with Crippen LogP contribution in [0, 0.1) is 0 Å². The monoisotopic (exact) mass is 273 g/mol. The molecule has 0 saturated heterocycles. The molecule has 0 saturated carbocycles. The zero-order chi connectivity index (χ0) is 14.8. The van der Waals surface area contributed by atoms with E-state index in [1.807, 2.05) is 12.1 Å². The highest BCUT2D eigenvalue weighted by atomic mass is 16.1. The maximum Gasteiger partial charge on any atom is 0.160 e. The lowest BCUT2D eigenvalue weighted by molar-refractivity contribution is 0.101. The molecule has 108 valence electrons. The van der Waals surface area contributed by atoms with Crippen molar-refractivity contribution in [2.75, 3.05) is 11.9 Å². The Labute approximate surface area is 121 Å². The molecule has 0 heterocycles. The van der Waals surface area contributed by atoms with Crippen LogP contribution in [0.5, 0.6) is 0 Å². The van der Waals surface area contributed by atoms with Crippen molar-refractivity contribution in [2.45, 2.75) is 46.0 Å². The largest absolute Gasteiger partial charge is 0.385 e. The summed E-state index contributed by atoms with van der Waals surface area (Å²) in [6, 6.07) is 5.46. The second kappa shape index (κ2) is 9.11. The number of anilines is 1. The van der Waals surface area contributed by atoms with Gasteiger partial charge in [-0.3, -0.25) is 4.79 Å². The van der Waals surface area contributed by atoms with Gasteiger partial charge in [0.25, 0.3) is 0 Å². The number of Topliss-reactive ketones (excluding diaryl/α,β-unsaturated/α-hetero) is 1. The predicted molar refractivity (Wildman–Crippen MR) is 83.9 cm³/mol. The lowest BCUT2D eigenvalue weighted by Crippen LogP contribution is -2.06. The fourth-order valence-corrected chi connectivity index (χ4v) is 2.19. The molecule has 0 aliphatic carbocycles. The van der Waals surface area contributed by atoms with Crippen molar-refractivity contribution in [1.82, 2.24) is 0 Å². The number of carbonyl (C=O) groups is 1. The number of hydrogen-bond donors (Lipinski definition) is 1. The Morgan fingerprint density at radius 2 is 2.00 bits per heavy atom. The van der Waals surface area contributed by atoms with Gasteiger partial charge in [0.1, 0.15) is 5.94 Å². The van der Waals surface area contributed by atoms with Crippen LogP contribution in [0.1, 0.15) is 61.9 Å². The molecule has 0 radical (unpaired) electrons. The van der Waals surface area contributed by atoms with E-state index in [0.717, 1.165) is 18.7 Å². The van der Waals surface area contributed by atoms with E-state index >= 15 is 0 Å². The molecule has 20 heavy (non-hydrogen) atoms. The molecule has 0 fully saturated rings. The maximum atomic E-state index is 11.6. The van der Waals surface area contributed by atoms with E-state index in [2.05, 4.69) is 12.2 Å². The second-order valence-electron chi connectivity index (χ2n) is 4.93. The number of benzene rings is 1. The Hall–Kier alpha value is -1.86. The number of hydrogen-bond acceptors (Lipinski definition) is 3. The topological polar surface area (TPSA) is 46.2 Å². The number of nitrogens with one attached hydrogen (secondary N) is 1. The summed E-state index contributed by atoms with van der Waals surface area (Å²) in [5, 5.41) is 3.31. The van der Waals surface area contributed by atoms with E-state index in [1.165, 1.54) is 38.7 Å². The molecule has 1 aromatic rings. The summed E-state index contributed by atoms with van der Waals surface area (Å²) in [5.74, 6) is 1.73. The first-order valence-corrected chi connectivity index (χ1v) is 7.29. The van der Waals surface area contributed by atoms with E-state index in [9.17, 15) is 9.59 Å². The minimum Gasteiger partial charge on any atom is -0.385 e. The average Bonchev–Trinajstić information content (AvgIpc) is 2.44. The molecule has 0 spiro atoms. The van der Waals surface area contributed by atoms with Crippen molar-refractivity contribution in [3.63, 3.8) is 0 Å². The van der Waals surface area contributed by atoms with Crippen molar-refractivity contribution in [1.29, 1.82) is 0 Å². The predicted octanol–water partition coefficient (Wildman–Crippen LogP) is 4.12. The zero-order valence-electron chi connectivity index (χ0n) is 12.4. The molecule has 0 aromatic heterocycles. The standard InChI is InChI=1S/C17H23NO2/c1-3-4-5-6-7-12-18-17-10-8-9-15(14(2)20)16(17)11-13-19/h8-11,18H,3-7,12H2,1-2H3. The van der Waals surface area contributed by atoms with Crippen LogP contribution >= 0.6 is 0 Å². The van der Waals surface area contributed by atoms with Gasteiger partial charge in [0.2, 0.25) is 0 Å². The highest BCUT2D eigenvalue weighted by molar-refractivity contribution is 6.01. The Kier molecular flexibility index (Phi) is 7.38. The van der Waals surface area contributed by atoms with Crippen LogP contribution in [0.4, 0.5) is 5.69 Å². The minimum absolute atomic E-state index is 0.0434. The van der Waals surface area contributed by atoms with Crippen molar-refractivity contribution in [3.8, 4) is 0 Å². The van der Waals surface area contributed by atoms with Crippen LogP contribution in [0.3, 0.4) is 0 Å². The van der Waals surface area contributed by atoms with Crippen molar-refractivity contribution in [2.24, 2.45) is 0 Å². The fourth-order valence-electron chi connectivity index (χ4n) is 2.19. The molecule has 1 aromatic carbocycles. The average molecular weight is 273 g/mol. The van der Waals surface area contributed by atoms with Gasteiger partial charge in [0.05, 0.1) is 0 Å². The summed E-state index contributed by atoms with van der Waals surface area (Å²) in [6.45, 7) is 4.56. The van der Waals surface area contributed by atoms with E-state index in [4.69, 9.17) is 0 Å². The minimum atomic E-state index is -0.0434. The van der Waals surface area contributed by atoms with Gasteiger partial charge in [0.15, 0.2) is 5.78 Å². The third kappa shape index (κ3) is 5.02. The van der Waals surface area contributed by atoms with Gasteiger partial charge in [-0.15, -0.1) is 0 Å². The van der Waals surface area contributed by atoms with Crippen molar-refractivity contribution in [3.05, 3.63) is 29.3 Å². The van der Waals surface area contributed by atoms with Gasteiger partial charge < -0.3 is 5.32 Å². The summed E-state index contributed by atoms with van der Waals surface area (Å²) in [4.78, 5) is 22.2. The smallest absolute Gasteiger partial charge is 0.160 e. The quantitative estimate of drug-likeness (QED) is 0.418. The van der Waals surface area contributed by atoms with E-state index in [-0.39, 0.29) is 5.78 Å². The third-order valence-electron chi connectivity index (χ3n) is 3.28. The molecule has 0 bridgehead atoms. The van der Waals surface area contributed by atoms with Crippen molar-refractivity contribution >= 4 is 23.5 Å². The molecule has 1 N–H and O–H groups in total. The molecule has 0 unspecified atom stereocenters. The van der Waals surface area contributed by atoms with Gasteiger partial charge >= 0.3 is 0 Å². The van der Waals surface area contributed by atoms with Crippen LogP contribution in [0.2, 0.25) is 0 Å². The number of carbonyl (C=O) groups excluding carboxylic acids is 2. The first-order chi connectivity index (χ1) is 9.70. The van der Waals surface area contributed by atoms with E-state index in [1.54, 1.807) is 12.0 Å². The lowest BCUT2D eigenvalue weighted by atomic mass is 10.0. The molecule has 3 nitrogen and oxygen atoms in total. The summed E-state index contributed by atoms with van der Waals surface area (Å²) in [5.41, 5.74) is 2.03. The summed E-state index contributed by atoms with van der Waals surface area (Å²) in [6.07, 6.45) is 7.39. The zero-order valence-corrected chi connectivity index (χ0v) is 12.4. The highest BCUT2D eigenvalue weighted by Crippen LogP contribution is 2.21. The van der Waals surface area contributed by atoms with Gasteiger partial charge in [-0.2, -0.15) is 0 Å². The van der Waals surface area contributed by atoms with Gasteiger partial charge in [-0.1, -0.05) is 44.7 Å². The molecular weight excluding hydrogens is 250 g/mol. The van der Waals surface area contributed by atoms with Crippen LogP contribution in [-0.4, -0.2) is 18.3 Å². The van der Waals surface area contributed by atoms with E-state index < -0.39 is 0 Å². The highest BCUT2D eigenvalue weighted by Gasteiger charge is 2.09. The molecule has 0 atom stereocenters. The molecule has 0 aliphatic rings. The lowest BCUT2D eigenvalue weighted by Gasteiger charge is -2.11. The molecular formula is C17H23NO2. The maximum absolute atomic E-state index is 11.6. The van der Waals surface area contributed by atoms with Crippen molar-refractivity contribution < 1.29 is 9.59 Å². The number of unbranched alkanes of at least 4 members (excludes halogenated alkanes) is 4. The fraction of sp³-hybridized carbons (Fsp3) is 0.471. The van der Waals surface area contributed by atoms with E-state index in [0.29, 0.717) is 11.1 Å². The summed E-state index contributed by atoms with van der Waals surface area (Å²) >= 11 is 0. The Balaban J connectivity index is 2.67. The van der Waals surface area contributed by atoms with Gasteiger partial charge in [-0.25, -0.2) is 4.79 Å². The van der Waals surface area contributed by atoms with Crippen LogP contribution < -0.4 is 5.32 Å². The Bertz CT molecular complexity index is 488. The second-order valence-corrected chi connectivity index (χ2v) is 4.93. The molecule has 0 aliphatic heterocycles. The number of ketones is 1. The first-order valence-electron chi connectivity index (χ1n) is 7.29. The Morgan fingerprint density at radius 1 is 1.25 bits per heavy atom. The normalized spacial score (nSPS) is 9.90. The molecule has 3 heteroatoms. The number of rotatable bonds is 9. The van der Waals surface area contributed by atoms with Crippen LogP contribution in [0.25, 0.3) is 6.08 Å². The third-order valence-corrected chi connectivity index (χ3v) is 3.28. The Morgan fingerprint density at radius 3 is 2.65 bits per heavy atom. The first kappa shape index (κ1) is 16.2. The van der Waals surface area contributed by atoms with Gasteiger partial charge in [0, 0.05) is 29.4 Å². The van der Waals surface area contributed by atoms with Crippen LogP contribution in [-0.2, 0) is 4.79 Å². The van der Waals surface area contributed by atoms with Crippen LogP contribution in [0.15, 0.2) is 18.2 Å². The SMILES string of the molecule is CCCCCCCNc1cccc(C(C)=O)c1C=C=O. The van der Waals surface area contributed by atoms with Gasteiger partial charge in [-0.05, 0) is 19.4 Å².